The average molecular weight is 386 g/mol. The quantitative estimate of drug-likeness (QED) is 0.354. The van der Waals surface area contributed by atoms with Crippen molar-refractivity contribution >= 4 is 32.7 Å². The standard InChI is InChI=1S/C27H18N2O/c30-27-25-21-15-7-9-17-23(21)28(19-11-3-1-4-12-19)26(25)22-16-8-10-18-24(22)29(27)20-13-5-2-6-14-20/h1-18H. The van der Waals surface area contributed by atoms with Gasteiger partial charge in [-0.25, -0.2) is 0 Å². The van der Waals surface area contributed by atoms with Crippen molar-refractivity contribution in [2.45, 2.75) is 0 Å². The zero-order chi connectivity index (χ0) is 20.1. The molecule has 6 aromatic rings. The van der Waals surface area contributed by atoms with Crippen LogP contribution in [0.1, 0.15) is 0 Å². The first kappa shape index (κ1) is 16.8. The lowest BCUT2D eigenvalue weighted by Crippen LogP contribution is -2.19. The maximum Gasteiger partial charge on any atom is 0.265 e. The lowest BCUT2D eigenvalue weighted by atomic mass is 10.1. The van der Waals surface area contributed by atoms with E-state index in [1.807, 2.05) is 89.5 Å². The van der Waals surface area contributed by atoms with Gasteiger partial charge < -0.3 is 4.57 Å². The Morgan fingerprint density at radius 2 is 0.933 bits per heavy atom. The monoisotopic (exact) mass is 386 g/mol. The smallest absolute Gasteiger partial charge is 0.265 e. The molecule has 0 bridgehead atoms. The van der Waals surface area contributed by atoms with Crippen molar-refractivity contribution in [1.29, 1.82) is 0 Å². The van der Waals surface area contributed by atoms with Crippen molar-refractivity contribution in [3.63, 3.8) is 0 Å². The predicted molar refractivity (Wildman–Crippen MR) is 124 cm³/mol. The topological polar surface area (TPSA) is 26.9 Å². The third-order valence-electron chi connectivity index (χ3n) is 5.72. The highest BCUT2D eigenvalue weighted by atomic mass is 16.1. The van der Waals surface area contributed by atoms with Crippen LogP contribution in [0.15, 0.2) is 114 Å². The molecular weight excluding hydrogens is 368 g/mol. The molecule has 0 amide bonds. The summed E-state index contributed by atoms with van der Waals surface area (Å²) in [5.74, 6) is 0. The summed E-state index contributed by atoms with van der Waals surface area (Å²) in [7, 11) is 0. The Labute approximate surface area is 173 Å². The zero-order valence-corrected chi connectivity index (χ0v) is 16.2. The molecule has 0 fully saturated rings. The molecule has 0 aliphatic rings. The lowest BCUT2D eigenvalue weighted by Gasteiger charge is -2.14. The molecule has 0 aliphatic heterocycles. The molecule has 0 unspecified atom stereocenters. The first-order valence-corrected chi connectivity index (χ1v) is 10.0. The molecule has 142 valence electrons. The molecule has 0 atom stereocenters. The minimum absolute atomic E-state index is 0.000723. The van der Waals surface area contributed by atoms with Gasteiger partial charge >= 0.3 is 0 Å². The van der Waals surface area contributed by atoms with E-state index in [0.717, 1.165) is 44.1 Å². The molecule has 0 saturated heterocycles. The summed E-state index contributed by atoms with van der Waals surface area (Å²) in [6.45, 7) is 0. The summed E-state index contributed by atoms with van der Waals surface area (Å²) in [6.07, 6.45) is 0. The second kappa shape index (κ2) is 6.46. The third-order valence-corrected chi connectivity index (χ3v) is 5.72. The number of pyridine rings is 1. The van der Waals surface area contributed by atoms with Crippen molar-refractivity contribution in [3.05, 3.63) is 120 Å². The highest BCUT2D eigenvalue weighted by molar-refractivity contribution is 6.17. The number of hydrogen-bond donors (Lipinski definition) is 0. The van der Waals surface area contributed by atoms with Gasteiger partial charge in [0.2, 0.25) is 0 Å². The SMILES string of the molecule is O=c1c2c3ccccc3n(-c3ccccc3)c2c2ccccc2n1-c1ccccc1. The summed E-state index contributed by atoms with van der Waals surface area (Å²) >= 11 is 0. The molecule has 2 aromatic heterocycles. The van der Waals surface area contributed by atoms with Gasteiger partial charge in [0, 0.05) is 22.1 Å². The fourth-order valence-electron chi connectivity index (χ4n) is 4.48. The van der Waals surface area contributed by atoms with Crippen LogP contribution in [-0.4, -0.2) is 9.13 Å². The van der Waals surface area contributed by atoms with Crippen LogP contribution >= 0.6 is 0 Å². The number of para-hydroxylation sites is 4. The third kappa shape index (κ3) is 2.29. The lowest BCUT2D eigenvalue weighted by molar-refractivity contribution is 1.06. The van der Waals surface area contributed by atoms with Gasteiger partial charge in [0.05, 0.1) is 21.9 Å². The number of benzene rings is 4. The molecule has 0 spiro atoms. The average Bonchev–Trinajstić information content (AvgIpc) is 3.16. The molecule has 0 saturated carbocycles. The van der Waals surface area contributed by atoms with Gasteiger partial charge in [-0.05, 0) is 36.4 Å². The summed E-state index contributed by atoms with van der Waals surface area (Å²) in [5.41, 5.74) is 4.81. The first-order chi connectivity index (χ1) is 14.8. The van der Waals surface area contributed by atoms with Crippen molar-refractivity contribution in [1.82, 2.24) is 9.13 Å². The zero-order valence-electron chi connectivity index (χ0n) is 16.2. The Kier molecular flexibility index (Phi) is 3.62. The Morgan fingerprint density at radius 1 is 0.467 bits per heavy atom. The maximum atomic E-state index is 14.0. The van der Waals surface area contributed by atoms with Crippen molar-refractivity contribution in [2.75, 3.05) is 0 Å². The van der Waals surface area contributed by atoms with Gasteiger partial charge in [0.15, 0.2) is 0 Å². The van der Waals surface area contributed by atoms with Crippen LogP contribution in [0.3, 0.4) is 0 Å². The van der Waals surface area contributed by atoms with Crippen LogP contribution in [0.4, 0.5) is 0 Å². The molecule has 0 N–H and O–H groups in total. The van der Waals surface area contributed by atoms with Gasteiger partial charge in [-0.15, -0.1) is 0 Å². The number of nitrogens with zero attached hydrogens (tertiary/aromatic N) is 2. The molecule has 30 heavy (non-hydrogen) atoms. The van der Waals surface area contributed by atoms with E-state index >= 15 is 0 Å². The largest absolute Gasteiger partial charge is 0.308 e. The second-order valence-electron chi connectivity index (χ2n) is 7.40. The van der Waals surface area contributed by atoms with Crippen molar-refractivity contribution in [2.24, 2.45) is 0 Å². The van der Waals surface area contributed by atoms with Crippen molar-refractivity contribution < 1.29 is 0 Å². The summed E-state index contributed by atoms with van der Waals surface area (Å²) < 4.78 is 4.04. The molecular formula is C27H18N2O. The Morgan fingerprint density at radius 3 is 1.57 bits per heavy atom. The number of hydrogen-bond acceptors (Lipinski definition) is 1. The van der Waals surface area contributed by atoms with E-state index in [-0.39, 0.29) is 5.56 Å². The van der Waals surface area contributed by atoms with Crippen LogP contribution in [0.25, 0.3) is 44.1 Å². The molecule has 0 aliphatic carbocycles. The Balaban J connectivity index is 1.93. The molecule has 0 radical (unpaired) electrons. The van der Waals surface area contributed by atoms with Gasteiger partial charge in [-0.3, -0.25) is 9.36 Å². The fourth-order valence-corrected chi connectivity index (χ4v) is 4.48. The molecule has 3 nitrogen and oxygen atoms in total. The van der Waals surface area contributed by atoms with Crippen LogP contribution in [-0.2, 0) is 0 Å². The summed E-state index contributed by atoms with van der Waals surface area (Å²) in [5, 5.41) is 2.77. The molecule has 6 rings (SSSR count). The van der Waals surface area contributed by atoms with E-state index in [9.17, 15) is 4.79 Å². The minimum Gasteiger partial charge on any atom is -0.308 e. The number of rotatable bonds is 2. The van der Waals surface area contributed by atoms with E-state index in [0.29, 0.717) is 0 Å². The van der Waals surface area contributed by atoms with E-state index in [2.05, 4.69) is 28.8 Å². The minimum atomic E-state index is 0.000723. The highest BCUT2D eigenvalue weighted by Crippen LogP contribution is 2.35. The first-order valence-electron chi connectivity index (χ1n) is 10.0. The van der Waals surface area contributed by atoms with Crippen LogP contribution in [0, 0.1) is 0 Å². The predicted octanol–water partition coefficient (Wildman–Crippen LogP) is 6.09. The second-order valence-corrected chi connectivity index (χ2v) is 7.40. The highest BCUT2D eigenvalue weighted by Gasteiger charge is 2.20. The number of fused-ring (bicyclic) bond motifs is 5. The summed E-state index contributed by atoms with van der Waals surface area (Å²) in [6, 6.07) is 36.4. The summed E-state index contributed by atoms with van der Waals surface area (Å²) in [4.78, 5) is 14.0. The van der Waals surface area contributed by atoms with E-state index in [1.165, 1.54) is 0 Å². The Hall–Kier alpha value is -4.11. The maximum absolute atomic E-state index is 14.0. The van der Waals surface area contributed by atoms with Gasteiger partial charge in [-0.2, -0.15) is 0 Å². The fraction of sp³-hybridized carbons (Fsp3) is 0. The number of aromatic nitrogens is 2. The van der Waals surface area contributed by atoms with E-state index in [1.54, 1.807) is 0 Å². The van der Waals surface area contributed by atoms with Crippen LogP contribution in [0.2, 0.25) is 0 Å². The molecule has 3 heteroatoms. The van der Waals surface area contributed by atoms with E-state index < -0.39 is 0 Å². The normalized spacial score (nSPS) is 11.5. The van der Waals surface area contributed by atoms with Gasteiger partial charge in [0.25, 0.3) is 5.56 Å². The molecule has 4 aromatic carbocycles. The van der Waals surface area contributed by atoms with Gasteiger partial charge in [-0.1, -0.05) is 72.8 Å². The molecule has 2 heterocycles. The van der Waals surface area contributed by atoms with Crippen LogP contribution < -0.4 is 5.56 Å². The Bertz CT molecular complexity index is 1590. The van der Waals surface area contributed by atoms with E-state index in [4.69, 9.17) is 0 Å². The van der Waals surface area contributed by atoms with Gasteiger partial charge in [0.1, 0.15) is 0 Å². The van der Waals surface area contributed by atoms with Crippen LogP contribution in [0.5, 0.6) is 0 Å². The van der Waals surface area contributed by atoms with Crippen molar-refractivity contribution in [3.8, 4) is 11.4 Å².